The third-order valence-electron chi connectivity index (χ3n) is 3.23. The van der Waals surface area contributed by atoms with E-state index in [1.54, 1.807) is 24.3 Å². The van der Waals surface area contributed by atoms with Crippen LogP contribution in [0.5, 0.6) is 5.75 Å². The normalized spacial score (nSPS) is 10.4. The van der Waals surface area contributed by atoms with Gasteiger partial charge in [-0.3, -0.25) is 0 Å². The highest BCUT2D eigenvalue weighted by atomic mass is 16.5. The zero-order valence-electron chi connectivity index (χ0n) is 12.0. The molecule has 0 fully saturated rings. The number of para-hydroxylation sites is 1. The Hall–Kier alpha value is -3.35. The second-order valence-corrected chi connectivity index (χ2v) is 4.73. The number of ether oxygens (including phenoxy) is 1. The van der Waals surface area contributed by atoms with Gasteiger partial charge in [0.2, 0.25) is 0 Å². The zero-order valence-corrected chi connectivity index (χ0v) is 12.0. The van der Waals surface area contributed by atoms with Crippen molar-refractivity contribution in [2.45, 2.75) is 6.61 Å². The van der Waals surface area contributed by atoms with E-state index in [2.05, 4.69) is 10.2 Å². The molecule has 0 spiro atoms. The van der Waals surface area contributed by atoms with E-state index >= 15 is 0 Å². The number of carboxylic acids is 1. The number of aromatic amines is 1. The fourth-order valence-electron chi connectivity index (χ4n) is 2.11. The maximum Gasteiger partial charge on any atom is 0.348 e. The summed E-state index contributed by atoms with van der Waals surface area (Å²) >= 11 is 0. The summed E-state index contributed by atoms with van der Waals surface area (Å²) < 4.78 is 6.99. The predicted molar refractivity (Wildman–Crippen MR) is 81.9 cm³/mol. The largest absolute Gasteiger partial charge is 0.486 e. The molecule has 2 N–H and O–H groups in total. The lowest BCUT2D eigenvalue weighted by Crippen LogP contribution is -2.17. The summed E-state index contributed by atoms with van der Waals surface area (Å²) in [7, 11) is 0. The van der Waals surface area contributed by atoms with Gasteiger partial charge in [-0.2, -0.15) is 5.10 Å². The highest BCUT2D eigenvalue weighted by Gasteiger charge is 2.11. The van der Waals surface area contributed by atoms with Crippen molar-refractivity contribution in [2.24, 2.45) is 0 Å². The molecule has 116 valence electrons. The van der Waals surface area contributed by atoms with E-state index in [0.717, 1.165) is 0 Å². The maximum atomic E-state index is 11.9. The number of carboxylic acid groups (broad SMARTS) is 1. The Bertz CT molecular complexity index is 866. The van der Waals surface area contributed by atoms with Crippen molar-refractivity contribution in [1.29, 1.82) is 0 Å². The summed E-state index contributed by atoms with van der Waals surface area (Å²) in [5.41, 5.74) is 0.514. The van der Waals surface area contributed by atoms with Gasteiger partial charge in [0, 0.05) is 0 Å². The van der Waals surface area contributed by atoms with E-state index in [1.165, 1.54) is 16.7 Å². The van der Waals surface area contributed by atoms with E-state index in [0.29, 0.717) is 17.3 Å². The van der Waals surface area contributed by atoms with Crippen molar-refractivity contribution in [2.75, 3.05) is 0 Å². The van der Waals surface area contributed by atoms with Crippen molar-refractivity contribution in [3.05, 3.63) is 76.5 Å². The number of aromatic carboxylic acids is 1. The van der Waals surface area contributed by atoms with Crippen LogP contribution in [0.25, 0.3) is 5.69 Å². The van der Waals surface area contributed by atoms with Crippen LogP contribution in [0, 0.1) is 0 Å². The summed E-state index contributed by atoms with van der Waals surface area (Å²) in [6.07, 6.45) is 0. The first-order chi connectivity index (χ1) is 11.1. The van der Waals surface area contributed by atoms with Crippen LogP contribution in [-0.2, 0) is 6.61 Å². The fraction of sp³-hybridized carbons (Fsp3) is 0.0625. The number of hydrogen-bond acceptors (Lipinski definition) is 4. The van der Waals surface area contributed by atoms with Crippen LogP contribution in [0.4, 0.5) is 0 Å². The zero-order chi connectivity index (χ0) is 16.2. The van der Waals surface area contributed by atoms with Crippen LogP contribution < -0.4 is 10.4 Å². The van der Waals surface area contributed by atoms with E-state index < -0.39 is 5.97 Å². The van der Waals surface area contributed by atoms with Crippen molar-refractivity contribution < 1.29 is 14.6 Å². The third-order valence-corrected chi connectivity index (χ3v) is 3.23. The van der Waals surface area contributed by atoms with E-state index in [1.807, 2.05) is 18.2 Å². The molecule has 23 heavy (non-hydrogen) atoms. The monoisotopic (exact) mass is 311 g/mol. The highest BCUT2D eigenvalue weighted by Crippen LogP contribution is 2.14. The molecule has 0 unspecified atom stereocenters. The summed E-state index contributed by atoms with van der Waals surface area (Å²) in [4.78, 5) is 22.7. The Morgan fingerprint density at radius 3 is 2.48 bits per heavy atom. The molecule has 3 rings (SSSR count). The Morgan fingerprint density at radius 1 is 1.13 bits per heavy atom. The molecule has 0 radical (unpaired) electrons. The van der Waals surface area contributed by atoms with Gasteiger partial charge in [0.05, 0.1) is 11.3 Å². The van der Waals surface area contributed by atoms with Gasteiger partial charge in [-0.15, -0.1) is 0 Å². The van der Waals surface area contributed by atoms with Gasteiger partial charge in [-0.05, 0) is 36.4 Å². The molecule has 0 aliphatic carbocycles. The van der Waals surface area contributed by atoms with Gasteiger partial charge in [-0.25, -0.2) is 19.3 Å². The summed E-state index contributed by atoms with van der Waals surface area (Å²) in [6, 6.07) is 15.1. The summed E-state index contributed by atoms with van der Waals surface area (Å²) in [5, 5.41) is 15.2. The molecule has 7 nitrogen and oxygen atoms in total. The van der Waals surface area contributed by atoms with Crippen molar-refractivity contribution in [3.63, 3.8) is 0 Å². The van der Waals surface area contributed by atoms with Crippen molar-refractivity contribution in [1.82, 2.24) is 14.8 Å². The lowest BCUT2D eigenvalue weighted by atomic mass is 10.2. The maximum absolute atomic E-state index is 11.9. The van der Waals surface area contributed by atoms with Crippen LogP contribution in [-0.4, -0.2) is 25.8 Å². The standard InChI is InChI=1S/C16H13N3O4/c20-15(21)11-6-8-13(9-7-11)23-10-14-17-18-16(22)19(14)12-4-2-1-3-5-12/h1-9H,10H2,(H,18,22)(H,20,21). The first kappa shape index (κ1) is 14.6. The Morgan fingerprint density at radius 2 is 1.83 bits per heavy atom. The van der Waals surface area contributed by atoms with E-state index in [9.17, 15) is 9.59 Å². The van der Waals surface area contributed by atoms with Gasteiger partial charge in [0.1, 0.15) is 12.4 Å². The minimum atomic E-state index is -0.998. The number of hydrogen-bond donors (Lipinski definition) is 2. The first-order valence-electron chi connectivity index (χ1n) is 6.83. The van der Waals surface area contributed by atoms with Crippen LogP contribution in [0.1, 0.15) is 16.2 Å². The minimum absolute atomic E-state index is 0.0695. The van der Waals surface area contributed by atoms with Gasteiger partial charge < -0.3 is 9.84 Å². The minimum Gasteiger partial charge on any atom is -0.486 e. The van der Waals surface area contributed by atoms with Gasteiger partial charge in [0.25, 0.3) is 0 Å². The number of rotatable bonds is 5. The number of aromatic nitrogens is 3. The second-order valence-electron chi connectivity index (χ2n) is 4.73. The molecule has 0 saturated heterocycles. The molecule has 0 atom stereocenters. The lowest BCUT2D eigenvalue weighted by Gasteiger charge is -2.08. The van der Waals surface area contributed by atoms with Crippen LogP contribution in [0.3, 0.4) is 0 Å². The number of benzene rings is 2. The average molecular weight is 311 g/mol. The Labute approximate surface area is 130 Å². The molecule has 0 bridgehead atoms. The molecule has 3 aromatic rings. The van der Waals surface area contributed by atoms with Crippen molar-refractivity contribution >= 4 is 5.97 Å². The molecule has 2 aromatic carbocycles. The molecule has 0 saturated carbocycles. The van der Waals surface area contributed by atoms with E-state index in [-0.39, 0.29) is 17.9 Å². The van der Waals surface area contributed by atoms with Crippen LogP contribution in [0.15, 0.2) is 59.4 Å². The Balaban J connectivity index is 1.79. The molecule has 0 aliphatic heterocycles. The summed E-state index contributed by atoms with van der Waals surface area (Å²) in [5.74, 6) is -0.0876. The van der Waals surface area contributed by atoms with E-state index in [4.69, 9.17) is 9.84 Å². The summed E-state index contributed by atoms with van der Waals surface area (Å²) in [6.45, 7) is 0.0695. The third kappa shape index (κ3) is 3.13. The number of H-pyrrole nitrogens is 1. The predicted octanol–water partition coefficient (Wildman–Crippen LogP) is 1.84. The number of nitrogens with one attached hydrogen (secondary N) is 1. The van der Waals surface area contributed by atoms with Crippen LogP contribution >= 0.6 is 0 Å². The molecular formula is C16H13N3O4. The smallest absolute Gasteiger partial charge is 0.348 e. The molecule has 0 aliphatic rings. The number of carbonyl (C=O) groups is 1. The average Bonchev–Trinajstić information content (AvgIpc) is 2.95. The number of nitrogens with zero attached hydrogens (tertiary/aromatic N) is 2. The fourth-order valence-corrected chi connectivity index (χ4v) is 2.11. The second kappa shape index (κ2) is 6.18. The molecule has 1 aromatic heterocycles. The van der Waals surface area contributed by atoms with Gasteiger partial charge in [0.15, 0.2) is 5.82 Å². The van der Waals surface area contributed by atoms with Crippen LogP contribution in [0.2, 0.25) is 0 Å². The first-order valence-corrected chi connectivity index (χ1v) is 6.83. The lowest BCUT2D eigenvalue weighted by molar-refractivity contribution is 0.0697. The Kier molecular flexibility index (Phi) is 3.92. The van der Waals surface area contributed by atoms with Gasteiger partial charge in [-0.1, -0.05) is 18.2 Å². The molecule has 0 amide bonds. The topological polar surface area (TPSA) is 97.2 Å². The van der Waals surface area contributed by atoms with Crippen molar-refractivity contribution in [3.8, 4) is 11.4 Å². The SMILES string of the molecule is O=C(O)c1ccc(OCc2n[nH]c(=O)n2-c2ccccc2)cc1. The molecular weight excluding hydrogens is 298 g/mol. The quantitative estimate of drug-likeness (QED) is 0.749. The highest BCUT2D eigenvalue weighted by molar-refractivity contribution is 5.87. The molecule has 1 heterocycles. The van der Waals surface area contributed by atoms with Gasteiger partial charge >= 0.3 is 11.7 Å². The molecule has 7 heteroatoms.